The van der Waals surface area contributed by atoms with E-state index in [0.29, 0.717) is 5.56 Å². The van der Waals surface area contributed by atoms with Gasteiger partial charge in [0.25, 0.3) is 5.79 Å². The van der Waals surface area contributed by atoms with E-state index in [4.69, 9.17) is 14.9 Å². The number of hydrogen-bond donors (Lipinski definition) is 5. The summed E-state index contributed by atoms with van der Waals surface area (Å²) in [7, 11) is 0. The third kappa shape index (κ3) is 2.97. The van der Waals surface area contributed by atoms with Crippen LogP contribution >= 0.6 is 0 Å². The monoisotopic (exact) mass is 296 g/mol. The van der Waals surface area contributed by atoms with Crippen molar-refractivity contribution in [2.45, 2.75) is 24.1 Å². The van der Waals surface area contributed by atoms with Gasteiger partial charge in [0.05, 0.1) is 6.61 Å². The fraction of sp³-hybridized carbons (Fsp3) is 0.357. The third-order valence-electron chi connectivity index (χ3n) is 3.29. The van der Waals surface area contributed by atoms with Crippen molar-refractivity contribution in [3.63, 3.8) is 0 Å². The molecule has 21 heavy (non-hydrogen) atoms. The van der Waals surface area contributed by atoms with E-state index in [0.717, 1.165) is 6.08 Å². The average molecular weight is 296 g/mol. The highest BCUT2D eigenvalue weighted by Gasteiger charge is 2.56. The van der Waals surface area contributed by atoms with E-state index in [9.17, 15) is 20.1 Å². The van der Waals surface area contributed by atoms with Gasteiger partial charge < -0.3 is 30.3 Å². The number of ether oxygens (including phenoxy) is 1. The number of hydrogen-bond acceptors (Lipinski definition) is 7. The molecule has 7 heteroatoms. The molecule has 1 fully saturated rings. The number of benzene rings is 1. The fourth-order valence-electron chi connectivity index (χ4n) is 2.03. The number of aromatic hydroxyl groups is 1. The van der Waals surface area contributed by atoms with Crippen LogP contribution in [0.2, 0.25) is 0 Å². The van der Waals surface area contributed by atoms with Gasteiger partial charge in [-0.1, -0.05) is 18.2 Å². The molecule has 4 atom stereocenters. The Labute approximate surface area is 120 Å². The summed E-state index contributed by atoms with van der Waals surface area (Å²) in [6.45, 7) is -0.643. The second-order valence-electron chi connectivity index (χ2n) is 4.76. The first-order valence-corrected chi connectivity index (χ1v) is 6.27. The molecule has 1 unspecified atom stereocenters. The summed E-state index contributed by atoms with van der Waals surface area (Å²) < 4.78 is 4.86. The van der Waals surface area contributed by atoms with Crippen LogP contribution in [0.25, 0.3) is 6.08 Å². The van der Waals surface area contributed by atoms with Crippen LogP contribution in [0.4, 0.5) is 0 Å². The number of aliphatic hydroxyl groups is 4. The highest BCUT2D eigenvalue weighted by Crippen LogP contribution is 2.30. The molecule has 0 amide bonds. The first kappa shape index (κ1) is 15.6. The molecule has 1 heterocycles. The second-order valence-corrected chi connectivity index (χ2v) is 4.76. The number of phenolic OH excluding ortho intramolecular Hbond substituents is 1. The van der Waals surface area contributed by atoms with Crippen LogP contribution in [0.3, 0.4) is 0 Å². The average Bonchev–Trinajstić information content (AvgIpc) is 2.71. The molecule has 2 rings (SSSR count). The Kier molecular flexibility index (Phi) is 4.40. The summed E-state index contributed by atoms with van der Waals surface area (Å²) in [6, 6.07) is 5.93. The maximum Gasteiger partial charge on any atom is 0.260 e. The lowest BCUT2D eigenvalue weighted by atomic mass is 10.0. The highest BCUT2D eigenvalue weighted by molar-refractivity contribution is 5.99. The summed E-state index contributed by atoms with van der Waals surface area (Å²) in [5.74, 6) is -3.49. The summed E-state index contributed by atoms with van der Waals surface area (Å²) >= 11 is 0. The molecule has 114 valence electrons. The van der Waals surface area contributed by atoms with E-state index < -0.39 is 36.5 Å². The second kappa shape index (κ2) is 5.92. The lowest BCUT2D eigenvalue weighted by Gasteiger charge is -2.22. The minimum Gasteiger partial charge on any atom is -0.508 e. The molecule has 1 aliphatic heterocycles. The Morgan fingerprint density at radius 2 is 1.90 bits per heavy atom. The largest absolute Gasteiger partial charge is 0.508 e. The van der Waals surface area contributed by atoms with Crippen molar-refractivity contribution in [3.05, 3.63) is 35.9 Å². The van der Waals surface area contributed by atoms with Crippen LogP contribution in [0.5, 0.6) is 5.75 Å². The van der Waals surface area contributed by atoms with E-state index in [2.05, 4.69) is 0 Å². The van der Waals surface area contributed by atoms with Crippen LogP contribution in [0, 0.1) is 0 Å². The Bertz CT molecular complexity index is 539. The fourth-order valence-corrected chi connectivity index (χ4v) is 2.03. The molecular weight excluding hydrogens is 280 g/mol. The number of ketones is 1. The third-order valence-corrected chi connectivity index (χ3v) is 3.29. The maximum atomic E-state index is 12.0. The van der Waals surface area contributed by atoms with Crippen molar-refractivity contribution >= 4 is 11.9 Å². The molecule has 5 N–H and O–H groups in total. The van der Waals surface area contributed by atoms with Gasteiger partial charge in [0, 0.05) is 0 Å². The van der Waals surface area contributed by atoms with Crippen molar-refractivity contribution in [1.29, 1.82) is 0 Å². The summed E-state index contributed by atoms with van der Waals surface area (Å²) in [5.41, 5.74) is 0.580. The van der Waals surface area contributed by atoms with E-state index in [1.807, 2.05) is 0 Å². The van der Waals surface area contributed by atoms with Crippen molar-refractivity contribution in [2.24, 2.45) is 0 Å². The maximum absolute atomic E-state index is 12.0. The van der Waals surface area contributed by atoms with Crippen LogP contribution in [0.1, 0.15) is 5.56 Å². The summed E-state index contributed by atoms with van der Waals surface area (Å²) in [4.78, 5) is 12.0. The number of rotatable bonds is 4. The normalized spacial score (nSPS) is 32.7. The Morgan fingerprint density at radius 3 is 2.43 bits per heavy atom. The lowest BCUT2D eigenvalue weighted by molar-refractivity contribution is -0.219. The van der Waals surface area contributed by atoms with E-state index in [-0.39, 0.29) is 5.75 Å². The number of phenols is 1. The Morgan fingerprint density at radius 1 is 1.29 bits per heavy atom. The molecule has 1 aromatic rings. The highest BCUT2D eigenvalue weighted by atomic mass is 16.7. The molecule has 0 radical (unpaired) electrons. The van der Waals surface area contributed by atoms with Crippen LogP contribution in [0.15, 0.2) is 30.3 Å². The van der Waals surface area contributed by atoms with Gasteiger partial charge in [-0.2, -0.15) is 0 Å². The van der Waals surface area contributed by atoms with Crippen LogP contribution in [-0.4, -0.2) is 62.0 Å². The van der Waals surface area contributed by atoms with Gasteiger partial charge in [-0.05, 0) is 23.8 Å². The van der Waals surface area contributed by atoms with Gasteiger partial charge in [0.15, 0.2) is 0 Å². The van der Waals surface area contributed by atoms with Crippen molar-refractivity contribution in [1.82, 2.24) is 0 Å². The predicted molar refractivity (Wildman–Crippen MR) is 71.1 cm³/mol. The van der Waals surface area contributed by atoms with E-state index in [1.54, 1.807) is 12.1 Å². The van der Waals surface area contributed by atoms with Gasteiger partial charge in [-0.3, -0.25) is 4.79 Å². The summed E-state index contributed by atoms with van der Waals surface area (Å²) in [6.07, 6.45) is -2.31. The molecule has 0 saturated carbocycles. The topological polar surface area (TPSA) is 127 Å². The molecule has 0 bridgehead atoms. The van der Waals surface area contributed by atoms with Crippen molar-refractivity contribution in [2.75, 3.05) is 6.61 Å². The first-order valence-electron chi connectivity index (χ1n) is 6.27. The number of carbonyl (C=O) groups excluding carboxylic acids is 1. The zero-order chi connectivity index (χ0) is 15.6. The Balaban J connectivity index is 2.14. The minimum atomic E-state index is -2.60. The van der Waals surface area contributed by atoms with Gasteiger partial charge in [-0.25, -0.2) is 0 Å². The van der Waals surface area contributed by atoms with Gasteiger partial charge in [0.2, 0.25) is 5.78 Å². The summed E-state index contributed by atoms with van der Waals surface area (Å²) in [5, 5.41) is 47.4. The molecule has 1 saturated heterocycles. The van der Waals surface area contributed by atoms with Gasteiger partial charge >= 0.3 is 0 Å². The SMILES string of the molecule is O=C(/C=C/c1ccc(O)cc1)C1(O)O[C@H](CO)[C@@H](O)[C@@H]1O. The molecular formula is C14H16O7. The smallest absolute Gasteiger partial charge is 0.260 e. The minimum absolute atomic E-state index is 0.0700. The lowest BCUT2D eigenvalue weighted by Crippen LogP contribution is -2.49. The zero-order valence-corrected chi connectivity index (χ0v) is 11.0. The first-order chi connectivity index (χ1) is 9.88. The van der Waals surface area contributed by atoms with Crippen molar-refractivity contribution < 1.29 is 35.1 Å². The molecule has 0 aromatic heterocycles. The zero-order valence-electron chi connectivity index (χ0n) is 11.0. The number of carbonyl (C=O) groups is 1. The van der Waals surface area contributed by atoms with Gasteiger partial charge in [0.1, 0.15) is 24.1 Å². The molecule has 0 spiro atoms. The van der Waals surface area contributed by atoms with Gasteiger partial charge in [-0.15, -0.1) is 0 Å². The standard InChI is InChI=1S/C14H16O7/c15-7-10-12(18)13(19)14(20,21-10)11(17)6-3-8-1-4-9(16)5-2-8/h1-6,10,12-13,15-16,18-20H,7H2/b6-3+/t10-,12-,13+,14?/m1/s1. The molecule has 1 aromatic carbocycles. The van der Waals surface area contributed by atoms with Crippen LogP contribution in [-0.2, 0) is 9.53 Å². The quantitative estimate of drug-likeness (QED) is 0.440. The predicted octanol–water partition coefficient (Wildman–Crippen LogP) is -1.22. The molecule has 7 nitrogen and oxygen atoms in total. The number of aliphatic hydroxyl groups excluding tert-OH is 3. The van der Waals surface area contributed by atoms with Crippen molar-refractivity contribution in [3.8, 4) is 5.75 Å². The Hall–Kier alpha value is -1.77. The van der Waals surface area contributed by atoms with Crippen LogP contribution < -0.4 is 0 Å². The van der Waals surface area contributed by atoms with E-state index in [1.165, 1.54) is 18.2 Å². The molecule has 0 aliphatic carbocycles. The van der Waals surface area contributed by atoms with E-state index >= 15 is 0 Å². The molecule has 1 aliphatic rings.